The Hall–Kier alpha value is -3.61. The van der Waals surface area contributed by atoms with Gasteiger partial charge < -0.3 is 9.88 Å². The standard InChI is InChI=1S/C21H15F2N3O2/c1-12-9-18(15-10-13(22)5-6-17(15)24-12)25-20(28)11-26-8-7-19(27)14-3-2-4-16(23)21(14)26/h2-10H,11H2,1H3,(H,24,25,28). The Morgan fingerprint density at radius 1 is 1.11 bits per heavy atom. The Bertz CT molecular complexity index is 1300. The minimum absolute atomic E-state index is 0.0620. The molecule has 0 saturated carbocycles. The number of hydrogen-bond donors (Lipinski definition) is 1. The number of rotatable bonds is 3. The molecular formula is C21H15F2N3O2. The van der Waals surface area contributed by atoms with E-state index in [1.54, 1.807) is 13.0 Å². The van der Waals surface area contributed by atoms with Gasteiger partial charge in [-0.2, -0.15) is 0 Å². The number of pyridine rings is 2. The van der Waals surface area contributed by atoms with Crippen molar-refractivity contribution in [3.8, 4) is 0 Å². The molecule has 4 aromatic rings. The third-order valence-electron chi connectivity index (χ3n) is 4.43. The van der Waals surface area contributed by atoms with E-state index in [1.165, 1.54) is 53.2 Å². The molecule has 0 atom stereocenters. The topological polar surface area (TPSA) is 64.0 Å². The number of halogens is 2. The lowest BCUT2D eigenvalue weighted by Crippen LogP contribution is -2.21. The third kappa shape index (κ3) is 3.22. The molecule has 0 aliphatic carbocycles. The second-order valence-electron chi connectivity index (χ2n) is 6.46. The second kappa shape index (κ2) is 6.84. The van der Waals surface area contributed by atoms with Gasteiger partial charge in [-0.1, -0.05) is 6.07 Å². The van der Waals surface area contributed by atoms with Crippen LogP contribution in [0.5, 0.6) is 0 Å². The van der Waals surface area contributed by atoms with Gasteiger partial charge in [0.2, 0.25) is 5.91 Å². The summed E-state index contributed by atoms with van der Waals surface area (Å²) >= 11 is 0. The Kier molecular flexibility index (Phi) is 4.35. The molecule has 2 heterocycles. The Labute approximate surface area is 158 Å². The Morgan fingerprint density at radius 2 is 1.93 bits per heavy atom. The number of aromatic nitrogens is 2. The minimum atomic E-state index is -0.588. The predicted molar refractivity (Wildman–Crippen MR) is 103 cm³/mol. The fourth-order valence-corrected chi connectivity index (χ4v) is 3.24. The number of benzene rings is 2. The van der Waals surface area contributed by atoms with E-state index in [0.717, 1.165) is 0 Å². The number of nitrogens with one attached hydrogen (secondary N) is 1. The van der Waals surface area contributed by atoms with Gasteiger partial charge in [-0.3, -0.25) is 14.6 Å². The highest BCUT2D eigenvalue weighted by Crippen LogP contribution is 2.24. The smallest absolute Gasteiger partial charge is 0.244 e. The molecule has 0 unspecified atom stereocenters. The molecule has 2 aromatic heterocycles. The lowest BCUT2D eigenvalue weighted by atomic mass is 10.1. The summed E-state index contributed by atoms with van der Waals surface area (Å²) < 4.78 is 29.3. The van der Waals surface area contributed by atoms with E-state index in [4.69, 9.17) is 0 Å². The van der Waals surface area contributed by atoms with E-state index >= 15 is 0 Å². The number of carbonyl (C=O) groups excluding carboxylic acids is 1. The molecule has 1 N–H and O–H groups in total. The fourth-order valence-electron chi connectivity index (χ4n) is 3.24. The first-order valence-electron chi connectivity index (χ1n) is 8.57. The van der Waals surface area contributed by atoms with Gasteiger partial charge in [0.05, 0.1) is 16.7 Å². The minimum Gasteiger partial charge on any atom is -0.335 e. The van der Waals surface area contributed by atoms with E-state index in [1.807, 2.05) is 0 Å². The molecule has 140 valence electrons. The number of fused-ring (bicyclic) bond motifs is 2. The normalized spacial score (nSPS) is 11.1. The van der Waals surface area contributed by atoms with Crippen LogP contribution in [0.25, 0.3) is 21.8 Å². The first-order valence-corrected chi connectivity index (χ1v) is 8.57. The van der Waals surface area contributed by atoms with Gasteiger partial charge in [-0.15, -0.1) is 0 Å². The maximum absolute atomic E-state index is 14.3. The zero-order chi connectivity index (χ0) is 19.8. The predicted octanol–water partition coefficient (Wildman–Crippen LogP) is 3.78. The molecule has 28 heavy (non-hydrogen) atoms. The van der Waals surface area contributed by atoms with Gasteiger partial charge in [0.1, 0.15) is 18.2 Å². The molecule has 2 aromatic carbocycles. The number of amides is 1. The van der Waals surface area contributed by atoms with Crippen molar-refractivity contribution in [1.29, 1.82) is 0 Å². The van der Waals surface area contributed by atoms with E-state index in [-0.39, 0.29) is 22.9 Å². The highest BCUT2D eigenvalue weighted by Gasteiger charge is 2.13. The summed E-state index contributed by atoms with van der Waals surface area (Å²) in [6, 6.07) is 11.3. The van der Waals surface area contributed by atoms with Crippen molar-refractivity contribution in [3.63, 3.8) is 0 Å². The van der Waals surface area contributed by atoms with Crippen LogP contribution in [0.3, 0.4) is 0 Å². The Balaban J connectivity index is 1.71. The average Bonchev–Trinajstić information content (AvgIpc) is 2.65. The van der Waals surface area contributed by atoms with E-state index in [2.05, 4.69) is 10.3 Å². The summed E-state index contributed by atoms with van der Waals surface area (Å²) in [4.78, 5) is 28.9. The molecular weight excluding hydrogens is 364 g/mol. The molecule has 1 amide bonds. The van der Waals surface area contributed by atoms with Crippen LogP contribution in [-0.2, 0) is 11.3 Å². The highest BCUT2D eigenvalue weighted by atomic mass is 19.1. The third-order valence-corrected chi connectivity index (χ3v) is 4.43. The van der Waals surface area contributed by atoms with Crippen LogP contribution >= 0.6 is 0 Å². The molecule has 0 aliphatic heterocycles. The monoisotopic (exact) mass is 379 g/mol. The molecule has 4 rings (SSSR count). The van der Waals surface area contributed by atoms with Gasteiger partial charge in [0.15, 0.2) is 5.43 Å². The van der Waals surface area contributed by atoms with Gasteiger partial charge in [-0.25, -0.2) is 8.78 Å². The molecule has 5 nitrogen and oxygen atoms in total. The number of hydrogen-bond acceptors (Lipinski definition) is 3. The number of nitrogens with zero attached hydrogens (tertiary/aromatic N) is 2. The maximum atomic E-state index is 14.3. The van der Waals surface area contributed by atoms with Crippen LogP contribution in [0.2, 0.25) is 0 Å². The number of para-hydroxylation sites is 1. The van der Waals surface area contributed by atoms with Crippen LogP contribution in [0.1, 0.15) is 5.69 Å². The molecule has 0 fully saturated rings. The number of carbonyl (C=O) groups is 1. The SMILES string of the molecule is Cc1cc(NC(=O)Cn2ccc(=O)c3cccc(F)c32)c2cc(F)ccc2n1. The van der Waals surface area contributed by atoms with Crippen molar-refractivity contribution in [2.24, 2.45) is 0 Å². The first-order chi connectivity index (χ1) is 13.4. The quantitative estimate of drug-likeness (QED) is 0.589. The summed E-state index contributed by atoms with van der Waals surface area (Å²) in [6.07, 6.45) is 1.38. The zero-order valence-corrected chi connectivity index (χ0v) is 14.9. The molecule has 0 aliphatic rings. The highest BCUT2D eigenvalue weighted by molar-refractivity contribution is 6.01. The summed E-state index contributed by atoms with van der Waals surface area (Å²) in [5, 5.41) is 3.40. The summed E-state index contributed by atoms with van der Waals surface area (Å²) in [6.45, 7) is 1.55. The molecule has 0 saturated heterocycles. The van der Waals surface area contributed by atoms with Crippen LogP contribution in [-0.4, -0.2) is 15.5 Å². The van der Waals surface area contributed by atoms with Crippen molar-refractivity contribution < 1.29 is 13.6 Å². The molecule has 0 spiro atoms. The first kappa shape index (κ1) is 17.8. The number of aryl methyl sites for hydroxylation is 1. The average molecular weight is 379 g/mol. The summed E-state index contributed by atoms with van der Waals surface area (Å²) in [5.41, 5.74) is 1.37. The van der Waals surface area contributed by atoms with E-state index in [0.29, 0.717) is 22.3 Å². The lowest BCUT2D eigenvalue weighted by Gasteiger charge is -2.13. The van der Waals surface area contributed by atoms with Crippen LogP contribution in [0.15, 0.2) is 59.5 Å². The van der Waals surface area contributed by atoms with Crippen molar-refractivity contribution in [1.82, 2.24) is 9.55 Å². The summed E-state index contributed by atoms with van der Waals surface area (Å²) in [7, 11) is 0. The van der Waals surface area contributed by atoms with Crippen LogP contribution in [0.4, 0.5) is 14.5 Å². The van der Waals surface area contributed by atoms with E-state index < -0.39 is 17.5 Å². The van der Waals surface area contributed by atoms with Crippen molar-refractivity contribution in [3.05, 3.63) is 82.3 Å². The largest absolute Gasteiger partial charge is 0.335 e. The zero-order valence-electron chi connectivity index (χ0n) is 14.9. The molecule has 0 bridgehead atoms. The van der Waals surface area contributed by atoms with Crippen molar-refractivity contribution >= 4 is 33.4 Å². The van der Waals surface area contributed by atoms with Crippen molar-refractivity contribution in [2.45, 2.75) is 13.5 Å². The van der Waals surface area contributed by atoms with Crippen molar-refractivity contribution in [2.75, 3.05) is 5.32 Å². The van der Waals surface area contributed by atoms with Gasteiger partial charge in [-0.05, 0) is 43.3 Å². The Morgan fingerprint density at radius 3 is 2.75 bits per heavy atom. The van der Waals surface area contributed by atoms with E-state index in [9.17, 15) is 18.4 Å². The van der Waals surface area contributed by atoms with Gasteiger partial charge >= 0.3 is 0 Å². The lowest BCUT2D eigenvalue weighted by molar-refractivity contribution is -0.116. The van der Waals surface area contributed by atoms with Gasteiger partial charge in [0.25, 0.3) is 0 Å². The summed E-state index contributed by atoms with van der Waals surface area (Å²) in [5.74, 6) is -1.47. The maximum Gasteiger partial charge on any atom is 0.244 e. The van der Waals surface area contributed by atoms with Crippen LogP contribution in [0, 0.1) is 18.6 Å². The molecule has 0 radical (unpaired) electrons. The number of anilines is 1. The van der Waals surface area contributed by atoms with Gasteiger partial charge in [0, 0.05) is 28.7 Å². The second-order valence-corrected chi connectivity index (χ2v) is 6.46. The molecule has 7 heteroatoms. The fraction of sp³-hybridized carbons (Fsp3) is 0.0952. The van der Waals surface area contributed by atoms with Crippen LogP contribution < -0.4 is 10.7 Å².